The number of hydrogen-bond acceptors (Lipinski definition) is 5. The fourth-order valence-electron chi connectivity index (χ4n) is 3.60. The summed E-state index contributed by atoms with van der Waals surface area (Å²) >= 11 is 11.6. The van der Waals surface area contributed by atoms with Crippen molar-refractivity contribution in [3.63, 3.8) is 0 Å². The Hall–Kier alpha value is -4.29. The molecule has 3 rings (SSSR count). The summed E-state index contributed by atoms with van der Waals surface area (Å²) in [6, 6.07) is 13.1. The van der Waals surface area contributed by atoms with E-state index in [1.807, 2.05) is 6.07 Å². The van der Waals surface area contributed by atoms with E-state index in [1.54, 1.807) is 0 Å². The third kappa shape index (κ3) is 6.55. The maximum atomic E-state index is 14.8. The summed E-state index contributed by atoms with van der Waals surface area (Å²) in [5, 5.41) is 15.1. The number of benzene rings is 3. The summed E-state index contributed by atoms with van der Waals surface area (Å²) in [5.41, 5.74) is -0.815. The molecule has 1 amide bonds. The molecule has 0 aliphatic carbocycles. The van der Waals surface area contributed by atoms with E-state index in [-0.39, 0.29) is 34.6 Å². The third-order valence-corrected chi connectivity index (χ3v) is 6.38. The van der Waals surface area contributed by atoms with Crippen molar-refractivity contribution >= 4 is 46.2 Å². The molecule has 0 aromatic heterocycles. The van der Waals surface area contributed by atoms with E-state index in [1.165, 1.54) is 48.5 Å². The molecule has 3 aromatic rings. The Morgan fingerprint density at radius 2 is 1.44 bits per heavy atom. The number of alkyl halides is 9. The molecule has 0 aliphatic heterocycles. The van der Waals surface area contributed by atoms with E-state index in [0.29, 0.717) is 5.56 Å². The van der Waals surface area contributed by atoms with Gasteiger partial charge in [-0.25, -0.2) is 9.92 Å². The average molecular weight is 654 g/mol. The standard InChI is InChI=1S/C26H14Cl2F9N5O/c27-18-9-16(23(29,25(32,33)34)24(30,31)26(35,36)37)10-19(28)21(18)40-12-20(42-39)15-2-1-3-17(8-15)41-22(43)14-6-4-13(11-38)5-7-14/h1-10,12,39-40H,(H,41,43)/b20-12-,42-39?. The zero-order chi connectivity index (χ0) is 32.4. The molecule has 0 bridgehead atoms. The first-order valence-electron chi connectivity index (χ1n) is 11.3. The quantitative estimate of drug-likeness (QED) is 0.167. The van der Waals surface area contributed by atoms with E-state index in [2.05, 4.69) is 15.7 Å². The van der Waals surface area contributed by atoms with Crippen molar-refractivity contribution in [2.24, 2.45) is 5.11 Å². The molecule has 6 nitrogen and oxygen atoms in total. The van der Waals surface area contributed by atoms with Gasteiger partial charge in [0, 0.05) is 28.6 Å². The Balaban J connectivity index is 1.92. The first kappa shape index (κ1) is 33.2. The number of nitrogens with one attached hydrogen (secondary N) is 3. The molecular formula is C26H14Cl2F9N5O. The van der Waals surface area contributed by atoms with Crippen molar-refractivity contribution in [1.29, 1.82) is 10.8 Å². The molecule has 0 spiro atoms. The average Bonchev–Trinajstić information content (AvgIpc) is 2.92. The van der Waals surface area contributed by atoms with Crippen LogP contribution >= 0.6 is 23.2 Å². The Kier molecular flexibility index (Phi) is 9.37. The van der Waals surface area contributed by atoms with Crippen LogP contribution in [-0.2, 0) is 5.67 Å². The van der Waals surface area contributed by atoms with Gasteiger partial charge in [-0.1, -0.05) is 35.3 Å². The highest BCUT2D eigenvalue weighted by Crippen LogP contribution is 2.59. The summed E-state index contributed by atoms with van der Waals surface area (Å²) in [4.78, 5) is 12.5. The second-order valence-corrected chi connectivity index (χ2v) is 9.37. The van der Waals surface area contributed by atoms with Crippen molar-refractivity contribution in [2.45, 2.75) is 23.9 Å². The summed E-state index contributed by atoms with van der Waals surface area (Å²) in [6.07, 6.45) is -12.8. The van der Waals surface area contributed by atoms with Gasteiger partial charge in [0.2, 0.25) is 0 Å². The summed E-state index contributed by atoms with van der Waals surface area (Å²) < 4.78 is 121. The van der Waals surface area contributed by atoms with Gasteiger partial charge in [-0.05, 0) is 48.5 Å². The highest BCUT2D eigenvalue weighted by Gasteiger charge is 2.81. The minimum Gasteiger partial charge on any atom is -0.357 e. The van der Waals surface area contributed by atoms with Crippen molar-refractivity contribution < 1.29 is 44.3 Å². The van der Waals surface area contributed by atoms with Crippen molar-refractivity contribution in [3.05, 3.63) is 99.2 Å². The predicted molar refractivity (Wildman–Crippen MR) is 139 cm³/mol. The van der Waals surface area contributed by atoms with Gasteiger partial charge in [0.05, 0.1) is 27.4 Å². The van der Waals surface area contributed by atoms with Crippen molar-refractivity contribution in [1.82, 2.24) is 0 Å². The second kappa shape index (κ2) is 12.1. The molecule has 0 radical (unpaired) electrons. The van der Waals surface area contributed by atoms with Crippen LogP contribution in [0.25, 0.3) is 5.70 Å². The number of carbonyl (C=O) groups is 1. The van der Waals surface area contributed by atoms with Gasteiger partial charge in [0.15, 0.2) is 0 Å². The number of carbonyl (C=O) groups excluding carboxylic acids is 1. The fourth-order valence-corrected chi connectivity index (χ4v) is 4.20. The second-order valence-electron chi connectivity index (χ2n) is 8.55. The molecule has 3 aromatic carbocycles. The predicted octanol–water partition coefficient (Wildman–Crippen LogP) is 9.48. The van der Waals surface area contributed by atoms with Gasteiger partial charge in [0.25, 0.3) is 5.91 Å². The number of nitrogens with zero attached hydrogens (tertiary/aromatic N) is 2. The number of rotatable bonds is 8. The van der Waals surface area contributed by atoms with Crippen LogP contribution < -0.4 is 10.6 Å². The number of halogens is 11. The Morgan fingerprint density at radius 3 is 1.93 bits per heavy atom. The van der Waals surface area contributed by atoms with Crippen LogP contribution in [0.3, 0.4) is 0 Å². The van der Waals surface area contributed by atoms with E-state index < -0.39 is 51.1 Å². The minimum atomic E-state index is -6.93. The molecule has 0 heterocycles. The highest BCUT2D eigenvalue weighted by molar-refractivity contribution is 6.39. The SMILES string of the molecule is N#Cc1ccc(C(=O)Nc2cccc(/C(=C/Nc3c(Cl)cc(C(F)(C(F)(F)F)C(F)(F)C(F)(F)F)cc3Cl)N=N)c2)cc1. The van der Waals surface area contributed by atoms with Crippen LogP contribution in [0.1, 0.15) is 27.0 Å². The normalized spacial score (nSPS) is 14.0. The van der Waals surface area contributed by atoms with Gasteiger partial charge in [-0.15, -0.1) is 0 Å². The number of hydrogen-bond donors (Lipinski definition) is 3. The Morgan fingerprint density at radius 1 is 0.860 bits per heavy atom. The maximum absolute atomic E-state index is 14.8. The van der Waals surface area contributed by atoms with Gasteiger partial charge in [-0.3, -0.25) is 4.79 Å². The molecule has 1 atom stereocenters. The highest BCUT2D eigenvalue weighted by atomic mass is 35.5. The van der Waals surface area contributed by atoms with Crippen LogP contribution in [0.2, 0.25) is 10.0 Å². The van der Waals surface area contributed by atoms with Crippen LogP contribution in [0.5, 0.6) is 0 Å². The first-order valence-corrected chi connectivity index (χ1v) is 12.1. The lowest BCUT2D eigenvalue weighted by Gasteiger charge is -2.36. The van der Waals surface area contributed by atoms with Crippen LogP contribution in [0.4, 0.5) is 50.9 Å². The monoisotopic (exact) mass is 653 g/mol. The van der Waals surface area contributed by atoms with E-state index in [4.69, 9.17) is 34.0 Å². The molecule has 0 saturated carbocycles. The number of nitriles is 1. The minimum absolute atomic E-state index is 0.0897. The topological polar surface area (TPSA) is 101 Å². The van der Waals surface area contributed by atoms with Crippen LogP contribution in [0, 0.1) is 16.9 Å². The summed E-state index contributed by atoms with van der Waals surface area (Å²) in [5.74, 6) is -7.47. The zero-order valence-corrected chi connectivity index (χ0v) is 22.3. The molecule has 3 N–H and O–H groups in total. The first-order chi connectivity index (χ1) is 19.9. The van der Waals surface area contributed by atoms with Crippen molar-refractivity contribution in [3.8, 4) is 6.07 Å². The Labute approximate surface area is 246 Å². The summed E-state index contributed by atoms with van der Waals surface area (Å²) in [6.45, 7) is 0. The molecule has 43 heavy (non-hydrogen) atoms. The lowest BCUT2D eigenvalue weighted by Crippen LogP contribution is -2.59. The molecule has 0 saturated heterocycles. The molecule has 0 fully saturated rings. The molecule has 1 unspecified atom stereocenters. The molecular weight excluding hydrogens is 640 g/mol. The fraction of sp³-hybridized carbons (Fsp3) is 0.154. The molecule has 226 valence electrons. The smallest absolute Gasteiger partial charge is 0.357 e. The van der Waals surface area contributed by atoms with Crippen molar-refractivity contribution in [2.75, 3.05) is 10.6 Å². The third-order valence-electron chi connectivity index (χ3n) is 5.79. The number of anilines is 2. The molecule has 17 heteroatoms. The summed E-state index contributed by atoms with van der Waals surface area (Å²) in [7, 11) is 0. The van der Waals surface area contributed by atoms with Gasteiger partial charge in [-0.2, -0.15) is 45.5 Å². The largest absolute Gasteiger partial charge is 0.457 e. The van der Waals surface area contributed by atoms with Gasteiger partial charge >= 0.3 is 23.9 Å². The lowest BCUT2D eigenvalue weighted by atomic mass is 9.87. The number of amides is 1. The van der Waals surface area contributed by atoms with Crippen LogP contribution in [-0.4, -0.2) is 24.2 Å². The molecule has 0 aliphatic rings. The maximum Gasteiger partial charge on any atom is 0.457 e. The van der Waals surface area contributed by atoms with E-state index >= 15 is 0 Å². The van der Waals surface area contributed by atoms with Gasteiger partial charge in [0.1, 0.15) is 5.70 Å². The van der Waals surface area contributed by atoms with E-state index in [0.717, 1.165) is 6.20 Å². The zero-order valence-electron chi connectivity index (χ0n) is 20.8. The van der Waals surface area contributed by atoms with Gasteiger partial charge < -0.3 is 10.6 Å². The van der Waals surface area contributed by atoms with E-state index in [9.17, 15) is 44.3 Å². The lowest BCUT2D eigenvalue weighted by molar-refractivity contribution is -0.389. The Bertz CT molecular complexity index is 1590. The van der Waals surface area contributed by atoms with Crippen LogP contribution in [0.15, 0.2) is 72.0 Å².